The molecule has 2 heteroatoms. The van der Waals surface area contributed by atoms with E-state index in [1.807, 2.05) is 0 Å². The number of hydrogen-bond donors (Lipinski definition) is 0. The molecule has 0 spiro atoms. The standard InChI is InChI=1S/C8H8FN/c1-3-8-5-7(9)4-6(2)10-8/h3-5H,1H2,2H3. The van der Waals surface area contributed by atoms with Crippen molar-refractivity contribution in [1.82, 2.24) is 4.98 Å². The smallest absolute Gasteiger partial charge is 0.127 e. The van der Waals surface area contributed by atoms with E-state index in [2.05, 4.69) is 11.6 Å². The Labute approximate surface area is 59.2 Å². The van der Waals surface area contributed by atoms with Crippen LogP contribution in [0.4, 0.5) is 4.39 Å². The van der Waals surface area contributed by atoms with Crippen molar-refractivity contribution in [3.63, 3.8) is 0 Å². The first-order valence-electron chi connectivity index (χ1n) is 2.99. The summed E-state index contributed by atoms with van der Waals surface area (Å²) in [7, 11) is 0. The maximum absolute atomic E-state index is 12.5. The van der Waals surface area contributed by atoms with Gasteiger partial charge in [-0.3, -0.25) is 4.98 Å². The number of halogens is 1. The molecule has 1 heterocycles. The molecule has 10 heavy (non-hydrogen) atoms. The second-order valence-electron chi connectivity index (χ2n) is 2.06. The van der Waals surface area contributed by atoms with Gasteiger partial charge in [0.2, 0.25) is 0 Å². The quantitative estimate of drug-likeness (QED) is 0.578. The van der Waals surface area contributed by atoms with E-state index in [9.17, 15) is 4.39 Å². The molecule has 0 saturated carbocycles. The summed E-state index contributed by atoms with van der Waals surface area (Å²) in [4.78, 5) is 3.99. The van der Waals surface area contributed by atoms with Gasteiger partial charge in [0, 0.05) is 5.69 Å². The summed E-state index contributed by atoms with van der Waals surface area (Å²) in [5.74, 6) is -0.262. The molecule has 0 unspecified atom stereocenters. The molecule has 1 nitrogen and oxygen atoms in total. The van der Waals surface area contributed by atoms with Gasteiger partial charge in [-0.1, -0.05) is 6.58 Å². The van der Waals surface area contributed by atoms with Crippen molar-refractivity contribution in [2.24, 2.45) is 0 Å². The molecule has 52 valence electrons. The van der Waals surface area contributed by atoms with Crippen molar-refractivity contribution in [2.75, 3.05) is 0 Å². The molecule has 0 aliphatic carbocycles. The average Bonchev–Trinajstić information content (AvgIpc) is 1.85. The van der Waals surface area contributed by atoms with Crippen molar-refractivity contribution in [3.05, 3.63) is 35.9 Å². The first kappa shape index (κ1) is 6.93. The molecule has 0 amide bonds. The summed E-state index contributed by atoms with van der Waals surface area (Å²) in [6, 6.07) is 2.73. The van der Waals surface area contributed by atoms with E-state index in [1.165, 1.54) is 18.2 Å². The van der Waals surface area contributed by atoms with Crippen molar-refractivity contribution in [1.29, 1.82) is 0 Å². The Balaban J connectivity index is 3.18. The monoisotopic (exact) mass is 137 g/mol. The Kier molecular flexibility index (Phi) is 1.81. The van der Waals surface area contributed by atoms with Crippen LogP contribution >= 0.6 is 0 Å². The molecule has 0 saturated heterocycles. The molecule has 0 aromatic carbocycles. The molecule has 0 N–H and O–H groups in total. The summed E-state index contributed by atoms with van der Waals surface area (Å²) in [5, 5.41) is 0. The Morgan fingerprint density at radius 3 is 2.80 bits per heavy atom. The second-order valence-corrected chi connectivity index (χ2v) is 2.06. The van der Waals surface area contributed by atoms with E-state index in [1.54, 1.807) is 6.92 Å². The highest BCUT2D eigenvalue weighted by atomic mass is 19.1. The largest absolute Gasteiger partial charge is 0.254 e. The van der Waals surface area contributed by atoms with Gasteiger partial charge in [-0.25, -0.2) is 4.39 Å². The maximum Gasteiger partial charge on any atom is 0.127 e. The number of nitrogens with zero attached hydrogens (tertiary/aromatic N) is 1. The summed E-state index contributed by atoms with van der Waals surface area (Å²) < 4.78 is 12.5. The third-order valence-electron chi connectivity index (χ3n) is 1.15. The molecule has 0 fully saturated rings. The average molecular weight is 137 g/mol. The molecule has 1 aromatic heterocycles. The van der Waals surface area contributed by atoms with Gasteiger partial charge in [0.05, 0.1) is 5.69 Å². The maximum atomic E-state index is 12.5. The number of rotatable bonds is 1. The highest BCUT2D eigenvalue weighted by molar-refractivity contribution is 5.41. The first-order valence-corrected chi connectivity index (χ1v) is 2.99. The Bertz CT molecular complexity index is 235. The van der Waals surface area contributed by atoms with E-state index in [4.69, 9.17) is 0 Å². The summed E-state index contributed by atoms with van der Waals surface area (Å²) >= 11 is 0. The van der Waals surface area contributed by atoms with Crippen LogP contribution in [0.5, 0.6) is 0 Å². The zero-order chi connectivity index (χ0) is 7.56. The zero-order valence-electron chi connectivity index (χ0n) is 5.76. The SMILES string of the molecule is C=Cc1cc(F)cc(C)n1. The third kappa shape index (κ3) is 1.41. The lowest BCUT2D eigenvalue weighted by atomic mass is 10.3. The van der Waals surface area contributed by atoms with Gasteiger partial charge >= 0.3 is 0 Å². The van der Waals surface area contributed by atoms with Crippen LogP contribution in [0.1, 0.15) is 11.4 Å². The summed E-state index contributed by atoms with van der Waals surface area (Å²) in [6.45, 7) is 5.23. The summed E-state index contributed by atoms with van der Waals surface area (Å²) in [6.07, 6.45) is 1.52. The van der Waals surface area contributed by atoms with Gasteiger partial charge in [-0.2, -0.15) is 0 Å². The third-order valence-corrected chi connectivity index (χ3v) is 1.15. The molecule has 0 radical (unpaired) electrons. The molecular weight excluding hydrogens is 129 g/mol. The fraction of sp³-hybridized carbons (Fsp3) is 0.125. The van der Waals surface area contributed by atoms with Crippen molar-refractivity contribution >= 4 is 6.08 Å². The molecule has 0 atom stereocenters. The van der Waals surface area contributed by atoms with Crippen molar-refractivity contribution in [3.8, 4) is 0 Å². The molecule has 1 rings (SSSR count). The lowest BCUT2D eigenvalue weighted by Crippen LogP contribution is -1.86. The summed E-state index contributed by atoms with van der Waals surface area (Å²) in [5.41, 5.74) is 1.26. The van der Waals surface area contributed by atoms with Crippen molar-refractivity contribution in [2.45, 2.75) is 6.92 Å². The highest BCUT2D eigenvalue weighted by Crippen LogP contribution is 2.03. The molecule has 1 aromatic rings. The lowest BCUT2D eigenvalue weighted by molar-refractivity contribution is 0.623. The minimum atomic E-state index is -0.262. The van der Waals surface area contributed by atoms with Crippen LogP contribution in [-0.2, 0) is 0 Å². The van der Waals surface area contributed by atoms with Gasteiger partial charge in [0.15, 0.2) is 0 Å². The predicted molar refractivity (Wildman–Crippen MR) is 39.0 cm³/mol. The number of aryl methyl sites for hydroxylation is 1. The van der Waals surface area contributed by atoms with Crippen LogP contribution in [-0.4, -0.2) is 4.98 Å². The van der Waals surface area contributed by atoms with E-state index in [0.29, 0.717) is 11.4 Å². The lowest BCUT2D eigenvalue weighted by Gasteiger charge is -1.94. The van der Waals surface area contributed by atoms with Crippen LogP contribution in [0, 0.1) is 12.7 Å². The van der Waals surface area contributed by atoms with Crippen LogP contribution < -0.4 is 0 Å². The molecular formula is C8H8FN. The molecule has 0 aliphatic heterocycles. The van der Waals surface area contributed by atoms with Gasteiger partial charge in [-0.15, -0.1) is 0 Å². The van der Waals surface area contributed by atoms with E-state index in [-0.39, 0.29) is 5.82 Å². The van der Waals surface area contributed by atoms with Crippen LogP contribution in [0.15, 0.2) is 18.7 Å². The van der Waals surface area contributed by atoms with Crippen LogP contribution in [0.25, 0.3) is 6.08 Å². The van der Waals surface area contributed by atoms with Crippen molar-refractivity contribution < 1.29 is 4.39 Å². The predicted octanol–water partition coefficient (Wildman–Crippen LogP) is 2.17. The first-order chi connectivity index (χ1) is 4.72. The van der Waals surface area contributed by atoms with Gasteiger partial charge in [-0.05, 0) is 25.1 Å². The minimum absolute atomic E-state index is 0.262. The van der Waals surface area contributed by atoms with Gasteiger partial charge < -0.3 is 0 Å². The van der Waals surface area contributed by atoms with Gasteiger partial charge in [0.25, 0.3) is 0 Å². The Morgan fingerprint density at radius 1 is 1.60 bits per heavy atom. The van der Waals surface area contributed by atoms with E-state index in [0.717, 1.165) is 0 Å². The highest BCUT2D eigenvalue weighted by Gasteiger charge is 1.93. The minimum Gasteiger partial charge on any atom is -0.254 e. The van der Waals surface area contributed by atoms with E-state index < -0.39 is 0 Å². The van der Waals surface area contributed by atoms with Crippen LogP contribution in [0.3, 0.4) is 0 Å². The van der Waals surface area contributed by atoms with Gasteiger partial charge in [0.1, 0.15) is 5.82 Å². The van der Waals surface area contributed by atoms with Crippen LogP contribution in [0.2, 0.25) is 0 Å². The fourth-order valence-electron chi connectivity index (χ4n) is 0.755. The molecule has 0 aliphatic rings. The Hall–Kier alpha value is -1.18. The fourth-order valence-corrected chi connectivity index (χ4v) is 0.755. The molecule has 0 bridgehead atoms. The number of hydrogen-bond acceptors (Lipinski definition) is 1. The number of pyridine rings is 1. The zero-order valence-corrected chi connectivity index (χ0v) is 5.76. The normalized spacial score (nSPS) is 9.40. The topological polar surface area (TPSA) is 12.9 Å². The second kappa shape index (κ2) is 2.60. The number of aromatic nitrogens is 1. The van der Waals surface area contributed by atoms with E-state index >= 15 is 0 Å². The Morgan fingerprint density at radius 2 is 2.30 bits per heavy atom.